The van der Waals surface area contributed by atoms with Crippen LogP contribution in [0.4, 0.5) is 18.9 Å². The number of aromatic nitrogens is 2. The molecule has 32 heavy (non-hydrogen) atoms. The predicted octanol–water partition coefficient (Wildman–Crippen LogP) is 4.52. The number of para-hydroxylation sites is 1. The SMILES string of the molecule is O=C(Cn1c(=O)n(-c2ccc(Cl)cc2)c(=O)c2sccc21)Nc1ccccc1C(F)(F)F. The Hall–Kier alpha value is -3.37. The normalized spacial score (nSPS) is 11.6. The maximum absolute atomic E-state index is 13.2. The lowest BCUT2D eigenvalue weighted by atomic mass is 10.1. The van der Waals surface area contributed by atoms with Crippen molar-refractivity contribution in [3.63, 3.8) is 0 Å². The quantitative estimate of drug-likeness (QED) is 0.467. The largest absolute Gasteiger partial charge is 0.418 e. The molecule has 2 aromatic carbocycles. The minimum absolute atomic E-state index is 0.217. The van der Waals surface area contributed by atoms with Crippen molar-refractivity contribution in [1.29, 1.82) is 0 Å². The number of rotatable bonds is 4. The van der Waals surface area contributed by atoms with Gasteiger partial charge >= 0.3 is 11.9 Å². The molecule has 2 heterocycles. The summed E-state index contributed by atoms with van der Waals surface area (Å²) in [7, 11) is 0. The zero-order chi connectivity index (χ0) is 23.0. The summed E-state index contributed by atoms with van der Waals surface area (Å²) in [5.74, 6) is -0.849. The third-order valence-electron chi connectivity index (χ3n) is 4.65. The van der Waals surface area contributed by atoms with E-state index in [1.54, 1.807) is 5.38 Å². The second-order valence-electron chi connectivity index (χ2n) is 6.71. The minimum Gasteiger partial charge on any atom is -0.324 e. The molecule has 0 aliphatic heterocycles. The molecule has 0 atom stereocenters. The van der Waals surface area contributed by atoms with E-state index >= 15 is 0 Å². The maximum atomic E-state index is 13.2. The predicted molar refractivity (Wildman–Crippen MR) is 117 cm³/mol. The van der Waals surface area contributed by atoms with Crippen molar-refractivity contribution in [2.45, 2.75) is 12.7 Å². The Morgan fingerprint density at radius 1 is 1.03 bits per heavy atom. The Bertz CT molecular complexity index is 1440. The highest BCUT2D eigenvalue weighted by Crippen LogP contribution is 2.34. The van der Waals surface area contributed by atoms with E-state index in [4.69, 9.17) is 11.6 Å². The number of alkyl halides is 3. The van der Waals surface area contributed by atoms with E-state index in [-0.39, 0.29) is 15.9 Å². The number of nitrogens with one attached hydrogen (secondary N) is 1. The first-order valence-electron chi connectivity index (χ1n) is 9.12. The fraction of sp³-hybridized carbons (Fsp3) is 0.0952. The molecule has 2 aromatic heterocycles. The third kappa shape index (κ3) is 4.06. The highest BCUT2D eigenvalue weighted by Gasteiger charge is 2.33. The summed E-state index contributed by atoms with van der Waals surface area (Å²) in [5, 5.41) is 4.20. The molecular weight excluding hydrogens is 467 g/mol. The van der Waals surface area contributed by atoms with Gasteiger partial charge in [0, 0.05) is 5.02 Å². The Balaban J connectivity index is 1.77. The highest BCUT2D eigenvalue weighted by atomic mass is 35.5. The first-order valence-corrected chi connectivity index (χ1v) is 10.4. The molecule has 0 saturated heterocycles. The maximum Gasteiger partial charge on any atom is 0.418 e. The number of thiophene rings is 1. The van der Waals surface area contributed by atoms with Crippen molar-refractivity contribution < 1.29 is 18.0 Å². The third-order valence-corrected chi connectivity index (χ3v) is 5.79. The standard InChI is InChI=1S/C21H13ClF3N3O3S/c22-12-5-7-13(8-6-12)28-19(30)18-16(9-10-32-18)27(20(28)31)11-17(29)26-15-4-2-1-3-14(15)21(23,24)25/h1-10H,11H2,(H,26,29). The van der Waals surface area contributed by atoms with E-state index in [0.29, 0.717) is 5.02 Å². The number of hydrogen-bond acceptors (Lipinski definition) is 4. The summed E-state index contributed by atoms with van der Waals surface area (Å²) >= 11 is 6.96. The topological polar surface area (TPSA) is 73.1 Å². The van der Waals surface area contributed by atoms with Crippen molar-refractivity contribution in [2.24, 2.45) is 0 Å². The molecule has 4 rings (SSSR count). The van der Waals surface area contributed by atoms with Crippen LogP contribution in [0.25, 0.3) is 15.9 Å². The van der Waals surface area contributed by atoms with E-state index in [1.807, 2.05) is 0 Å². The van der Waals surface area contributed by atoms with Crippen LogP contribution >= 0.6 is 22.9 Å². The van der Waals surface area contributed by atoms with Crippen LogP contribution in [0.2, 0.25) is 5.02 Å². The highest BCUT2D eigenvalue weighted by molar-refractivity contribution is 7.17. The first-order chi connectivity index (χ1) is 15.2. The second-order valence-corrected chi connectivity index (χ2v) is 8.06. The van der Waals surface area contributed by atoms with Crippen molar-refractivity contribution in [3.05, 3.63) is 91.4 Å². The van der Waals surface area contributed by atoms with E-state index in [9.17, 15) is 27.6 Å². The number of benzene rings is 2. The molecule has 0 radical (unpaired) electrons. The molecule has 0 unspecified atom stereocenters. The number of carbonyl (C=O) groups excluding carboxylic acids is 1. The Morgan fingerprint density at radius 2 is 1.72 bits per heavy atom. The van der Waals surface area contributed by atoms with Gasteiger partial charge in [-0.25, -0.2) is 9.36 Å². The van der Waals surface area contributed by atoms with Crippen LogP contribution < -0.4 is 16.6 Å². The van der Waals surface area contributed by atoms with Crippen LogP contribution in [0, 0.1) is 0 Å². The number of carbonyl (C=O) groups is 1. The molecule has 4 aromatic rings. The molecule has 1 amide bonds. The van der Waals surface area contributed by atoms with Gasteiger partial charge in [-0.1, -0.05) is 23.7 Å². The molecule has 6 nitrogen and oxygen atoms in total. The lowest BCUT2D eigenvalue weighted by molar-refractivity contribution is -0.137. The van der Waals surface area contributed by atoms with Gasteiger partial charge in [-0.05, 0) is 47.8 Å². The summed E-state index contributed by atoms with van der Waals surface area (Å²) in [5.41, 5.74) is -2.34. The number of fused-ring (bicyclic) bond motifs is 1. The lowest BCUT2D eigenvalue weighted by Crippen LogP contribution is -2.40. The summed E-state index contributed by atoms with van der Waals surface area (Å²) in [6, 6.07) is 12.0. The van der Waals surface area contributed by atoms with Crippen LogP contribution in [-0.4, -0.2) is 15.0 Å². The van der Waals surface area contributed by atoms with E-state index in [0.717, 1.165) is 32.6 Å². The molecule has 0 fully saturated rings. The zero-order valence-corrected chi connectivity index (χ0v) is 17.6. The monoisotopic (exact) mass is 479 g/mol. The van der Waals surface area contributed by atoms with Crippen molar-refractivity contribution in [2.75, 3.05) is 5.32 Å². The summed E-state index contributed by atoms with van der Waals surface area (Å²) in [4.78, 5) is 38.6. The van der Waals surface area contributed by atoms with E-state index in [1.165, 1.54) is 42.5 Å². The average molecular weight is 480 g/mol. The zero-order valence-electron chi connectivity index (χ0n) is 16.0. The van der Waals surface area contributed by atoms with E-state index in [2.05, 4.69) is 5.32 Å². The molecule has 0 spiro atoms. The van der Waals surface area contributed by atoms with Gasteiger partial charge in [-0.3, -0.25) is 14.2 Å². The van der Waals surface area contributed by atoms with Gasteiger partial charge in [0.1, 0.15) is 11.2 Å². The fourth-order valence-electron chi connectivity index (χ4n) is 3.23. The number of hydrogen-bond donors (Lipinski definition) is 1. The molecule has 0 aliphatic carbocycles. The molecular formula is C21H13ClF3N3O3S. The lowest BCUT2D eigenvalue weighted by Gasteiger charge is -2.15. The number of halogens is 4. The first kappa shape index (κ1) is 21.8. The van der Waals surface area contributed by atoms with Crippen LogP contribution in [0.1, 0.15) is 5.56 Å². The van der Waals surface area contributed by atoms with Crippen LogP contribution in [0.5, 0.6) is 0 Å². The molecule has 0 bridgehead atoms. The Kier molecular flexibility index (Phi) is 5.66. The van der Waals surface area contributed by atoms with Crippen molar-refractivity contribution >= 4 is 44.7 Å². The van der Waals surface area contributed by atoms with Crippen LogP contribution in [0.3, 0.4) is 0 Å². The van der Waals surface area contributed by atoms with Gasteiger partial charge in [-0.15, -0.1) is 11.3 Å². The summed E-state index contributed by atoms with van der Waals surface area (Å²) in [6.45, 7) is -0.591. The molecule has 1 N–H and O–H groups in total. The van der Waals surface area contributed by atoms with Crippen molar-refractivity contribution in [1.82, 2.24) is 9.13 Å². The molecule has 0 saturated carbocycles. The van der Waals surface area contributed by atoms with Gasteiger partial charge < -0.3 is 5.32 Å². The minimum atomic E-state index is -4.66. The fourth-order valence-corrected chi connectivity index (χ4v) is 4.18. The van der Waals surface area contributed by atoms with Crippen LogP contribution in [-0.2, 0) is 17.5 Å². The van der Waals surface area contributed by atoms with E-state index < -0.39 is 41.1 Å². The summed E-state index contributed by atoms with van der Waals surface area (Å²) in [6.07, 6.45) is -4.66. The van der Waals surface area contributed by atoms with Gasteiger partial charge in [0.25, 0.3) is 5.56 Å². The number of nitrogens with zero attached hydrogens (tertiary/aromatic N) is 2. The Morgan fingerprint density at radius 3 is 2.41 bits per heavy atom. The Labute approximate surface area is 187 Å². The van der Waals surface area contributed by atoms with Gasteiger partial charge in [-0.2, -0.15) is 13.2 Å². The molecule has 11 heteroatoms. The second kappa shape index (κ2) is 8.29. The van der Waals surface area contributed by atoms with Gasteiger partial charge in [0.15, 0.2) is 0 Å². The molecule has 0 aliphatic rings. The molecule has 164 valence electrons. The van der Waals surface area contributed by atoms with Crippen molar-refractivity contribution in [3.8, 4) is 5.69 Å². The van der Waals surface area contributed by atoms with Gasteiger partial charge in [0.05, 0.1) is 22.5 Å². The smallest absolute Gasteiger partial charge is 0.324 e. The van der Waals surface area contributed by atoms with Crippen LogP contribution in [0.15, 0.2) is 69.6 Å². The summed E-state index contributed by atoms with van der Waals surface area (Å²) < 4.78 is 41.8. The number of amides is 1. The van der Waals surface area contributed by atoms with Gasteiger partial charge in [0.2, 0.25) is 5.91 Å². The average Bonchev–Trinajstić information content (AvgIpc) is 3.22. The number of anilines is 1.